The second-order valence-electron chi connectivity index (χ2n) is 6.70. The zero-order chi connectivity index (χ0) is 19.9. The van der Waals surface area contributed by atoms with Crippen molar-refractivity contribution in [3.63, 3.8) is 0 Å². The van der Waals surface area contributed by atoms with Crippen LogP contribution in [0.5, 0.6) is 0 Å². The highest BCUT2D eigenvalue weighted by molar-refractivity contribution is 7.98. The van der Waals surface area contributed by atoms with E-state index in [0.717, 1.165) is 23.7 Å². The number of benzene rings is 2. The Morgan fingerprint density at radius 2 is 1.71 bits per heavy atom. The first-order valence-corrected chi connectivity index (χ1v) is 10.6. The minimum absolute atomic E-state index is 0.201. The molecule has 2 aromatic carbocycles. The summed E-state index contributed by atoms with van der Waals surface area (Å²) in [5.41, 5.74) is 1.90. The molecule has 1 unspecified atom stereocenters. The summed E-state index contributed by atoms with van der Waals surface area (Å²) in [7, 11) is 0. The third-order valence-corrected chi connectivity index (χ3v) is 5.48. The van der Waals surface area contributed by atoms with Gasteiger partial charge in [-0.2, -0.15) is 0 Å². The minimum atomic E-state index is -0.613. The van der Waals surface area contributed by atoms with Crippen LogP contribution in [0, 0.1) is 0 Å². The fourth-order valence-electron chi connectivity index (χ4n) is 3.10. The molecule has 1 saturated heterocycles. The lowest BCUT2D eigenvalue weighted by Gasteiger charge is -2.36. The molecule has 148 valence electrons. The van der Waals surface area contributed by atoms with Gasteiger partial charge < -0.3 is 20.4 Å². The molecule has 7 heteroatoms. The molecule has 1 heterocycles. The maximum atomic E-state index is 12.5. The van der Waals surface area contributed by atoms with E-state index < -0.39 is 6.04 Å². The van der Waals surface area contributed by atoms with Gasteiger partial charge in [0.1, 0.15) is 6.04 Å². The average molecular weight is 399 g/mol. The lowest BCUT2D eigenvalue weighted by atomic mass is 10.2. The standard InChI is InChI=1S/C21H26N4O2S/c1-16(20(26)23-17-7-6-10-19(15-17)28-2)22-21(27)25-13-11-24(12-14-25)18-8-4-3-5-9-18/h3-10,15-16H,11-14H2,1-2H3,(H,22,27)(H,23,26). The van der Waals surface area contributed by atoms with Gasteiger partial charge in [0, 0.05) is 42.4 Å². The number of piperazine rings is 1. The molecule has 1 atom stereocenters. The average Bonchev–Trinajstić information content (AvgIpc) is 2.74. The Labute approximate surface area is 170 Å². The molecule has 1 fully saturated rings. The highest BCUT2D eigenvalue weighted by atomic mass is 32.2. The molecule has 1 aliphatic heterocycles. The van der Waals surface area contributed by atoms with Crippen LogP contribution in [-0.2, 0) is 4.79 Å². The summed E-state index contributed by atoms with van der Waals surface area (Å²) in [4.78, 5) is 30.0. The van der Waals surface area contributed by atoms with Gasteiger partial charge in [-0.3, -0.25) is 4.79 Å². The topological polar surface area (TPSA) is 64.7 Å². The zero-order valence-corrected chi connectivity index (χ0v) is 17.0. The van der Waals surface area contributed by atoms with Crippen LogP contribution in [0.15, 0.2) is 59.5 Å². The number of thioether (sulfide) groups is 1. The van der Waals surface area contributed by atoms with Crippen molar-refractivity contribution >= 4 is 35.1 Å². The van der Waals surface area contributed by atoms with E-state index in [0.29, 0.717) is 13.1 Å². The summed E-state index contributed by atoms with van der Waals surface area (Å²) < 4.78 is 0. The largest absolute Gasteiger partial charge is 0.368 e. The summed E-state index contributed by atoms with van der Waals surface area (Å²) >= 11 is 1.61. The predicted octanol–water partition coefficient (Wildman–Crippen LogP) is 3.27. The van der Waals surface area contributed by atoms with Gasteiger partial charge in [0.25, 0.3) is 0 Å². The van der Waals surface area contributed by atoms with Gasteiger partial charge in [-0.25, -0.2) is 4.79 Å². The number of anilines is 2. The molecule has 6 nitrogen and oxygen atoms in total. The normalized spacial score (nSPS) is 15.1. The van der Waals surface area contributed by atoms with E-state index >= 15 is 0 Å². The van der Waals surface area contributed by atoms with Crippen molar-refractivity contribution in [2.24, 2.45) is 0 Å². The number of carbonyl (C=O) groups excluding carboxylic acids is 2. The number of hydrogen-bond acceptors (Lipinski definition) is 4. The van der Waals surface area contributed by atoms with E-state index in [9.17, 15) is 9.59 Å². The van der Waals surface area contributed by atoms with E-state index in [4.69, 9.17) is 0 Å². The van der Waals surface area contributed by atoms with Crippen LogP contribution in [0.25, 0.3) is 0 Å². The number of rotatable bonds is 5. The van der Waals surface area contributed by atoms with E-state index in [1.165, 1.54) is 5.69 Å². The molecule has 0 aliphatic carbocycles. The van der Waals surface area contributed by atoms with Crippen molar-refractivity contribution in [3.8, 4) is 0 Å². The maximum absolute atomic E-state index is 12.5. The van der Waals surface area contributed by atoms with Gasteiger partial charge in [0.2, 0.25) is 5.91 Å². The second kappa shape index (κ2) is 9.50. The fraction of sp³-hybridized carbons (Fsp3) is 0.333. The van der Waals surface area contributed by atoms with Crippen LogP contribution in [0.4, 0.5) is 16.2 Å². The monoisotopic (exact) mass is 398 g/mol. The Bertz CT molecular complexity index is 807. The number of hydrogen-bond donors (Lipinski definition) is 2. The first kappa shape index (κ1) is 20.1. The van der Waals surface area contributed by atoms with Crippen LogP contribution < -0.4 is 15.5 Å². The zero-order valence-electron chi connectivity index (χ0n) is 16.2. The van der Waals surface area contributed by atoms with Crippen LogP contribution in [-0.4, -0.2) is 55.3 Å². The summed E-state index contributed by atoms with van der Waals surface area (Å²) in [6, 6.07) is 17.0. The van der Waals surface area contributed by atoms with Crippen molar-refractivity contribution in [2.45, 2.75) is 17.9 Å². The number of nitrogens with one attached hydrogen (secondary N) is 2. The van der Waals surface area contributed by atoms with E-state index in [-0.39, 0.29) is 11.9 Å². The second-order valence-corrected chi connectivity index (χ2v) is 7.58. The number of urea groups is 1. The highest BCUT2D eigenvalue weighted by Gasteiger charge is 2.24. The third-order valence-electron chi connectivity index (χ3n) is 4.76. The summed E-state index contributed by atoms with van der Waals surface area (Å²) in [5.74, 6) is -0.227. The van der Waals surface area contributed by atoms with Gasteiger partial charge in [0.05, 0.1) is 0 Å². The molecular formula is C21H26N4O2S. The molecule has 0 saturated carbocycles. The van der Waals surface area contributed by atoms with Crippen molar-refractivity contribution < 1.29 is 9.59 Å². The molecule has 2 aromatic rings. The molecule has 3 amide bonds. The van der Waals surface area contributed by atoms with Crippen molar-refractivity contribution in [3.05, 3.63) is 54.6 Å². The van der Waals surface area contributed by atoms with Gasteiger partial charge >= 0.3 is 6.03 Å². The molecule has 0 bridgehead atoms. The Hall–Kier alpha value is -2.67. The van der Waals surface area contributed by atoms with Crippen molar-refractivity contribution in [1.82, 2.24) is 10.2 Å². The van der Waals surface area contributed by atoms with Crippen molar-refractivity contribution in [2.75, 3.05) is 42.7 Å². The molecule has 0 spiro atoms. The van der Waals surface area contributed by atoms with Gasteiger partial charge in [-0.05, 0) is 43.5 Å². The molecule has 28 heavy (non-hydrogen) atoms. The first-order chi connectivity index (χ1) is 13.6. The molecule has 0 radical (unpaired) electrons. The number of para-hydroxylation sites is 1. The van der Waals surface area contributed by atoms with Crippen LogP contribution in [0.3, 0.4) is 0 Å². The van der Waals surface area contributed by atoms with Crippen LogP contribution in [0.2, 0.25) is 0 Å². The highest BCUT2D eigenvalue weighted by Crippen LogP contribution is 2.19. The molecule has 3 rings (SSSR count). The Kier molecular flexibility index (Phi) is 6.81. The molecule has 0 aromatic heterocycles. The van der Waals surface area contributed by atoms with E-state index in [2.05, 4.69) is 27.7 Å². The lowest BCUT2D eigenvalue weighted by Crippen LogP contribution is -2.54. The van der Waals surface area contributed by atoms with Crippen LogP contribution in [0.1, 0.15) is 6.92 Å². The predicted molar refractivity (Wildman–Crippen MR) is 115 cm³/mol. The molecule has 2 N–H and O–H groups in total. The van der Waals surface area contributed by atoms with Gasteiger partial charge in [0.15, 0.2) is 0 Å². The maximum Gasteiger partial charge on any atom is 0.318 e. The fourth-order valence-corrected chi connectivity index (χ4v) is 3.56. The van der Waals surface area contributed by atoms with Gasteiger partial charge in [-0.1, -0.05) is 24.3 Å². The summed E-state index contributed by atoms with van der Waals surface area (Å²) in [6.45, 7) is 4.51. The van der Waals surface area contributed by atoms with Crippen molar-refractivity contribution in [1.29, 1.82) is 0 Å². The van der Waals surface area contributed by atoms with E-state index in [1.54, 1.807) is 23.6 Å². The van der Waals surface area contributed by atoms with E-state index in [1.807, 2.05) is 48.7 Å². The quantitative estimate of drug-likeness (QED) is 0.759. The summed E-state index contributed by atoms with van der Waals surface area (Å²) in [5, 5.41) is 5.66. The SMILES string of the molecule is CSc1cccc(NC(=O)C(C)NC(=O)N2CCN(c3ccccc3)CC2)c1. The number of carbonyl (C=O) groups is 2. The lowest BCUT2D eigenvalue weighted by molar-refractivity contribution is -0.117. The van der Waals surface area contributed by atoms with Gasteiger partial charge in [-0.15, -0.1) is 11.8 Å². The first-order valence-electron chi connectivity index (χ1n) is 9.37. The Morgan fingerprint density at radius 1 is 1.00 bits per heavy atom. The third kappa shape index (κ3) is 5.19. The Morgan fingerprint density at radius 3 is 2.39 bits per heavy atom. The van der Waals surface area contributed by atoms with Crippen LogP contribution >= 0.6 is 11.8 Å². The summed E-state index contributed by atoms with van der Waals surface area (Å²) in [6.07, 6.45) is 1.99. The Balaban J connectivity index is 1.48. The minimum Gasteiger partial charge on any atom is -0.368 e. The smallest absolute Gasteiger partial charge is 0.318 e. The molecular weight excluding hydrogens is 372 g/mol. The molecule has 1 aliphatic rings. The number of amides is 3. The number of nitrogens with zero attached hydrogens (tertiary/aromatic N) is 2.